The second-order valence-electron chi connectivity index (χ2n) is 4.15. The zero-order chi connectivity index (χ0) is 10.3. The summed E-state index contributed by atoms with van der Waals surface area (Å²) in [5.41, 5.74) is 5.74. The lowest BCUT2D eigenvalue weighted by atomic mass is 9.89. The minimum absolute atomic E-state index is 1.17. The van der Waals surface area contributed by atoms with Crippen LogP contribution in [0.4, 0.5) is 0 Å². The van der Waals surface area contributed by atoms with Crippen LogP contribution < -0.4 is 4.57 Å². The quantitative estimate of drug-likeness (QED) is 0.569. The first kappa shape index (κ1) is 8.66. The van der Waals surface area contributed by atoms with Gasteiger partial charge in [0.2, 0.25) is 5.69 Å². The van der Waals surface area contributed by atoms with Crippen molar-refractivity contribution < 1.29 is 4.57 Å². The Morgan fingerprint density at radius 1 is 0.933 bits per heavy atom. The van der Waals surface area contributed by atoms with Crippen molar-refractivity contribution in [1.82, 2.24) is 0 Å². The number of aryl methyl sites for hydroxylation is 3. The first-order valence-electron chi connectivity index (χ1n) is 5.42. The van der Waals surface area contributed by atoms with Gasteiger partial charge in [0.15, 0.2) is 6.20 Å². The normalized spacial score (nSPS) is 13.1. The molecule has 0 atom stereocenters. The van der Waals surface area contributed by atoms with E-state index in [2.05, 4.69) is 54.2 Å². The summed E-state index contributed by atoms with van der Waals surface area (Å²) in [6.07, 6.45) is 4.47. The van der Waals surface area contributed by atoms with Crippen LogP contribution in [0, 0.1) is 0 Å². The molecule has 15 heavy (non-hydrogen) atoms. The van der Waals surface area contributed by atoms with Gasteiger partial charge in [-0.1, -0.05) is 18.2 Å². The van der Waals surface area contributed by atoms with Gasteiger partial charge in [0.1, 0.15) is 7.05 Å². The van der Waals surface area contributed by atoms with Gasteiger partial charge in [0, 0.05) is 17.2 Å². The second-order valence-corrected chi connectivity index (χ2v) is 4.15. The molecule has 3 rings (SSSR count). The summed E-state index contributed by atoms with van der Waals surface area (Å²) < 4.78 is 2.23. The lowest BCUT2D eigenvalue weighted by Crippen LogP contribution is -2.33. The van der Waals surface area contributed by atoms with Crippen molar-refractivity contribution >= 4 is 0 Å². The molecule has 0 fully saturated rings. The highest BCUT2D eigenvalue weighted by atomic mass is 14.9. The molecule has 0 amide bonds. The maximum Gasteiger partial charge on any atom is 0.215 e. The van der Waals surface area contributed by atoms with E-state index in [1.165, 1.54) is 35.2 Å². The number of nitrogens with zero attached hydrogens (tertiary/aromatic N) is 1. The smallest absolute Gasteiger partial charge is 0.201 e. The Kier molecular flexibility index (Phi) is 1.84. The summed E-state index contributed by atoms with van der Waals surface area (Å²) >= 11 is 0. The average Bonchev–Trinajstić information content (AvgIpc) is 2.29. The van der Waals surface area contributed by atoms with Crippen LogP contribution in [-0.2, 0) is 19.9 Å². The van der Waals surface area contributed by atoms with E-state index in [1.807, 2.05) is 0 Å². The summed E-state index contributed by atoms with van der Waals surface area (Å²) in [6, 6.07) is 13.1. The molecule has 0 N–H and O–H groups in total. The van der Waals surface area contributed by atoms with E-state index in [0.717, 1.165) is 0 Å². The van der Waals surface area contributed by atoms with Crippen LogP contribution >= 0.6 is 0 Å². The first-order chi connectivity index (χ1) is 7.36. The van der Waals surface area contributed by atoms with Crippen LogP contribution in [0.15, 0.2) is 42.6 Å². The van der Waals surface area contributed by atoms with Gasteiger partial charge in [-0.15, -0.1) is 0 Å². The topological polar surface area (TPSA) is 3.88 Å². The van der Waals surface area contributed by atoms with Gasteiger partial charge in [-0.2, -0.15) is 0 Å². The zero-order valence-electron chi connectivity index (χ0n) is 8.90. The molecule has 0 bridgehead atoms. The molecule has 0 saturated heterocycles. The number of aromatic nitrogens is 1. The molecule has 2 aromatic rings. The molecule has 0 saturated carbocycles. The van der Waals surface area contributed by atoms with Crippen LogP contribution in [0.25, 0.3) is 11.3 Å². The molecule has 0 aliphatic heterocycles. The van der Waals surface area contributed by atoms with Crippen LogP contribution in [0.5, 0.6) is 0 Å². The van der Waals surface area contributed by atoms with Crippen molar-refractivity contribution in [3.63, 3.8) is 0 Å². The van der Waals surface area contributed by atoms with E-state index < -0.39 is 0 Å². The lowest BCUT2D eigenvalue weighted by Gasteiger charge is -2.16. The molecular weight excluding hydrogens is 182 g/mol. The number of benzene rings is 1. The third-order valence-electron chi connectivity index (χ3n) is 3.20. The standard InChI is InChI=1S/C14H14N/c1-15-10-4-6-12-9-8-11-5-2-3-7-13(11)14(12)15/h2-7,10H,8-9H2,1H3/q+1. The van der Waals surface area contributed by atoms with E-state index in [4.69, 9.17) is 0 Å². The lowest BCUT2D eigenvalue weighted by molar-refractivity contribution is -0.660. The molecule has 0 unspecified atom stereocenters. The predicted octanol–water partition coefficient (Wildman–Crippen LogP) is 2.28. The van der Waals surface area contributed by atoms with E-state index >= 15 is 0 Å². The Bertz CT molecular complexity index is 514. The van der Waals surface area contributed by atoms with E-state index in [0.29, 0.717) is 0 Å². The highest BCUT2D eigenvalue weighted by molar-refractivity contribution is 5.66. The highest BCUT2D eigenvalue weighted by Gasteiger charge is 2.22. The molecule has 1 aromatic heterocycles. The van der Waals surface area contributed by atoms with Crippen molar-refractivity contribution in [3.8, 4) is 11.3 Å². The average molecular weight is 196 g/mol. The van der Waals surface area contributed by atoms with Crippen LogP contribution in [0.1, 0.15) is 11.1 Å². The van der Waals surface area contributed by atoms with Crippen molar-refractivity contribution in [2.75, 3.05) is 0 Å². The van der Waals surface area contributed by atoms with Gasteiger partial charge in [-0.25, -0.2) is 4.57 Å². The number of fused-ring (bicyclic) bond motifs is 3. The summed E-state index contributed by atoms with van der Waals surface area (Å²) in [6.45, 7) is 0. The third kappa shape index (κ3) is 1.27. The molecule has 1 aliphatic rings. The van der Waals surface area contributed by atoms with Gasteiger partial charge >= 0.3 is 0 Å². The Balaban J connectivity index is 2.33. The van der Waals surface area contributed by atoms with Gasteiger partial charge in [0.05, 0.1) is 0 Å². The SMILES string of the molecule is C[n+]1cccc2c1-c1ccccc1CC2. The van der Waals surface area contributed by atoms with E-state index in [9.17, 15) is 0 Å². The summed E-state index contributed by atoms with van der Waals surface area (Å²) in [7, 11) is 2.13. The largest absolute Gasteiger partial charge is 0.215 e. The van der Waals surface area contributed by atoms with Crippen molar-refractivity contribution in [2.45, 2.75) is 12.8 Å². The predicted molar refractivity (Wildman–Crippen MR) is 60.5 cm³/mol. The first-order valence-corrected chi connectivity index (χ1v) is 5.42. The summed E-state index contributed by atoms with van der Waals surface area (Å²) in [5, 5.41) is 0. The number of rotatable bonds is 0. The molecule has 0 radical (unpaired) electrons. The Hall–Kier alpha value is -1.63. The van der Waals surface area contributed by atoms with E-state index in [1.54, 1.807) is 0 Å². The van der Waals surface area contributed by atoms with E-state index in [-0.39, 0.29) is 0 Å². The van der Waals surface area contributed by atoms with Crippen molar-refractivity contribution in [3.05, 3.63) is 53.7 Å². The second kappa shape index (κ2) is 3.20. The molecule has 0 spiro atoms. The molecule has 1 heteroatoms. The molecular formula is C14H14N+. The van der Waals surface area contributed by atoms with Gasteiger partial charge in [0.25, 0.3) is 0 Å². The molecule has 1 nitrogen and oxygen atoms in total. The Labute approximate surface area is 90.0 Å². The number of pyridine rings is 1. The monoisotopic (exact) mass is 196 g/mol. The molecule has 1 aromatic carbocycles. The fourth-order valence-corrected chi connectivity index (χ4v) is 2.47. The molecule has 74 valence electrons. The fourth-order valence-electron chi connectivity index (χ4n) is 2.47. The molecule has 1 aliphatic carbocycles. The van der Waals surface area contributed by atoms with Crippen LogP contribution in [0.2, 0.25) is 0 Å². The van der Waals surface area contributed by atoms with Crippen molar-refractivity contribution in [2.24, 2.45) is 7.05 Å². The van der Waals surface area contributed by atoms with Gasteiger partial charge in [-0.05, 0) is 30.5 Å². The van der Waals surface area contributed by atoms with Gasteiger partial charge < -0.3 is 0 Å². The minimum atomic E-state index is 1.17. The zero-order valence-corrected chi connectivity index (χ0v) is 8.90. The minimum Gasteiger partial charge on any atom is -0.201 e. The Morgan fingerprint density at radius 3 is 2.60 bits per heavy atom. The maximum atomic E-state index is 2.24. The Morgan fingerprint density at radius 2 is 1.67 bits per heavy atom. The summed E-state index contributed by atoms with van der Waals surface area (Å²) in [5.74, 6) is 0. The molecule has 1 heterocycles. The fraction of sp³-hybridized carbons (Fsp3) is 0.214. The van der Waals surface area contributed by atoms with Gasteiger partial charge in [-0.3, -0.25) is 0 Å². The van der Waals surface area contributed by atoms with Crippen molar-refractivity contribution in [1.29, 1.82) is 0 Å². The number of hydrogen-bond donors (Lipinski definition) is 0. The van der Waals surface area contributed by atoms with Crippen LogP contribution in [-0.4, -0.2) is 0 Å². The highest BCUT2D eigenvalue weighted by Crippen LogP contribution is 2.29. The third-order valence-corrected chi connectivity index (χ3v) is 3.20. The van der Waals surface area contributed by atoms with Crippen LogP contribution in [0.3, 0.4) is 0 Å². The number of hydrogen-bond acceptors (Lipinski definition) is 0. The maximum absolute atomic E-state index is 2.24. The summed E-state index contributed by atoms with van der Waals surface area (Å²) in [4.78, 5) is 0.